The van der Waals surface area contributed by atoms with Crippen LogP contribution in [0.3, 0.4) is 0 Å². The van der Waals surface area contributed by atoms with Crippen LogP contribution >= 0.6 is 0 Å². The zero-order valence-corrected chi connectivity index (χ0v) is 17.9. The van der Waals surface area contributed by atoms with Crippen LogP contribution in [0.5, 0.6) is 11.5 Å². The Morgan fingerprint density at radius 3 is 1.42 bits per heavy atom. The van der Waals surface area contributed by atoms with E-state index in [0.717, 1.165) is 36.4 Å². The maximum absolute atomic E-state index is 13.5. The Hall–Kier alpha value is -2.85. The third-order valence-electron chi connectivity index (χ3n) is 4.43. The zero-order chi connectivity index (χ0) is 27.8. The summed E-state index contributed by atoms with van der Waals surface area (Å²) in [7, 11) is -5.89. The highest BCUT2D eigenvalue weighted by Crippen LogP contribution is 2.54. The fourth-order valence-corrected chi connectivity index (χ4v) is 2.94. The molecule has 0 atom stereocenters. The van der Waals surface area contributed by atoms with E-state index < -0.39 is 58.3 Å². The minimum Gasteiger partial charge on any atom is -0.493 e. The van der Waals surface area contributed by atoms with Crippen molar-refractivity contribution in [2.24, 2.45) is 0 Å². The lowest BCUT2D eigenvalue weighted by molar-refractivity contribution is -0.397. The molecule has 17 heteroatoms. The van der Waals surface area contributed by atoms with E-state index in [1.807, 2.05) is 0 Å². The van der Waals surface area contributed by atoms with E-state index >= 15 is 0 Å². The first-order chi connectivity index (χ1) is 16.1. The van der Waals surface area contributed by atoms with Crippen molar-refractivity contribution in [1.82, 2.24) is 0 Å². The first kappa shape index (κ1) is 29.4. The molecule has 0 saturated carbocycles. The number of ether oxygens (including phenoxy) is 1. The Morgan fingerprint density at radius 2 is 1.03 bits per heavy atom. The lowest BCUT2D eigenvalue weighted by atomic mass is 10.0. The first-order valence-corrected chi connectivity index (χ1v) is 10.6. The quantitative estimate of drug-likeness (QED) is 0.191. The molecule has 4 nitrogen and oxygen atoms in total. The molecule has 0 aliphatic rings. The molecule has 2 aromatic carbocycles. The van der Waals surface area contributed by atoms with Crippen molar-refractivity contribution in [3.8, 4) is 22.6 Å². The Bertz CT molecular complexity index is 1140. The highest BCUT2D eigenvalue weighted by Gasteiger charge is 2.81. The number of alkyl halides is 12. The summed E-state index contributed by atoms with van der Waals surface area (Å²) in [6.07, 6.45) is -9.11. The van der Waals surface area contributed by atoms with Crippen molar-refractivity contribution < 1.29 is 70.0 Å². The fourth-order valence-electron chi connectivity index (χ4n) is 2.48. The topological polar surface area (TPSA) is 52.6 Å². The van der Waals surface area contributed by atoms with Crippen LogP contribution in [0.25, 0.3) is 11.1 Å². The van der Waals surface area contributed by atoms with Gasteiger partial charge in [0.05, 0.1) is 13.0 Å². The summed E-state index contributed by atoms with van der Waals surface area (Å²) in [6, 6.07) is 8.72. The summed E-state index contributed by atoms with van der Waals surface area (Å²) in [5.74, 6) is -20.5. The molecule has 0 radical (unpaired) electrons. The minimum atomic E-state index is -7.00. The van der Waals surface area contributed by atoms with Crippen LogP contribution in [0.2, 0.25) is 0 Å². The van der Waals surface area contributed by atoms with Gasteiger partial charge < -0.3 is 8.92 Å². The molecule has 202 valence electrons. The Morgan fingerprint density at radius 1 is 0.611 bits per heavy atom. The largest absolute Gasteiger partial charge is 0.534 e. The van der Waals surface area contributed by atoms with Gasteiger partial charge in [-0.05, 0) is 35.4 Å². The molecule has 2 rings (SSSR count). The Kier molecular flexibility index (Phi) is 7.80. The second-order valence-corrected chi connectivity index (χ2v) is 8.52. The molecule has 0 heterocycles. The van der Waals surface area contributed by atoms with Gasteiger partial charge in [-0.3, -0.25) is 0 Å². The van der Waals surface area contributed by atoms with Crippen molar-refractivity contribution in [2.75, 3.05) is 6.61 Å². The lowest BCUT2D eigenvalue weighted by Crippen LogP contribution is -2.61. The minimum absolute atomic E-state index is 0.267. The number of hydrogen-bond acceptors (Lipinski definition) is 4. The maximum Gasteiger partial charge on any atom is 0.534 e. The lowest BCUT2D eigenvalue weighted by Gasteiger charge is -2.33. The number of benzene rings is 2. The average molecular weight is 564 g/mol. The van der Waals surface area contributed by atoms with Crippen molar-refractivity contribution >= 4 is 10.1 Å². The molecule has 0 aromatic heterocycles. The maximum atomic E-state index is 13.5. The number of rotatable bonds is 9. The molecule has 0 N–H and O–H groups in total. The van der Waals surface area contributed by atoms with Gasteiger partial charge in [-0.15, -0.1) is 0 Å². The highest BCUT2D eigenvalue weighted by molar-refractivity contribution is 7.88. The molecule has 0 bridgehead atoms. The molecular formula is C19H12F12O4S. The van der Waals surface area contributed by atoms with Gasteiger partial charge in [0.15, 0.2) is 0 Å². The summed E-state index contributed by atoms with van der Waals surface area (Å²) in [4.78, 5) is 0. The van der Waals surface area contributed by atoms with Crippen LogP contribution in [-0.4, -0.2) is 44.5 Å². The van der Waals surface area contributed by atoms with Gasteiger partial charge in [-0.1, -0.05) is 24.3 Å². The van der Waals surface area contributed by atoms with Crippen LogP contribution < -0.4 is 8.92 Å². The van der Waals surface area contributed by atoms with Crippen molar-refractivity contribution in [1.29, 1.82) is 0 Å². The molecule has 0 spiro atoms. The molecular weight excluding hydrogens is 552 g/mol. The van der Waals surface area contributed by atoms with Gasteiger partial charge in [0.2, 0.25) is 0 Å². The summed E-state index contributed by atoms with van der Waals surface area (Å²) < 4.78 is 183. The SMILES string of the molecule is O=S(=O)(Oc1ccc(-c2ccc(OCCC(F)(F)C(F)(F)C(F)(F)C(F)(F)F)cc2)cc1)C(F)(F)F. The van der Waals surface area contributed by atoms with Gasteiger partial charge >= 0.3 is 39.6 Å². The van der Waals surface area contributed by atoms with E-state index in [-0.39, 0.29) is 5.75 Å². The van der Waals surface area contributed by atoms with E-state index in [1.165, 1.54) is 12.1 Å². The van der Waals surface area contributed by atoms with Gasteiger partial charge in [-0.2, -0.15) is 61.1 Å². The predicted octanol–water partition coefficient (Wildman–Crippen LogP) is 6.82. The van der Waals surface area contributed by atoms with E-state index in [4.69, 9.17) is 4.74 Å². The molecule has 36 heavy (non-hydrogen) atoms. The fraction of sp³-hybridized carbons (Fsp3) is 0.368. The predicted molar refractivity (Wildman–Crippen MR) is 98.5 cm³/mol. The summed E-state index contributed by atoms with van der Waals surface area (Å²) in [5.41, 5.74) is -5.05. The second kappa shape index (κ2) is 9.55. The standard InChI is InChI=1S/C19H12F12O4S/c20-15(21,16(22,23)17(24,25)18(26,27)28)9-10-34-13-5-1-11(2-6-13)12-3-7-14(8-4-12)35-36(32,33)19(29,30)31/h1-8H,9-10H2. The molecule has 0 aliphatic carbocycles. The summed E-state index contributed by atoms with van der Waals surface area (Å²) in [6.45, 7) is -1.37. The molecule has 0 amide bonds. The third-order valence-corrected chi connectivity index (χ3v) is 5.40. The van der Waals surface area contributed by atoms with Gasteiger partial charge in [0.1, 0.15) is 11.5 Å². The van der Waals surface area contributed by atoms with Gasteiger partial charge in [-0.25, -0.2) is 0 Å². The monoisotopic (exact) mass is 564 g/mol. The van der Waals surface area contributed by atoms with E-state index in [9.17, 15) is 61.1 Å². The van der Waals surface area contributed by atoms with E-state index in [2.05, 4.69) is 4.18 Å². The van der Waals surface area contributed by atoms with Crippen LogP contribution in [0, 0.1) is 0 Å². The van der Waals surface area contributed by atoms with E-state index in [1.54, 1.807) is 0 Å². The molecule has 0 unspecified atom stereocenters. The molecule has 0 aliphatic heterocycles. The molecule has 0 saturated heterocycles. The van der Waals surface area contributed by atoms with Crippen LogP contribution in [0.15, 0.2) is 48.5 Å². The van der Waals surface area contributed by atoms with Crippen LogP contribution in [0.1, 0.15) is 6.42 Å². The van der Waals surface area contributed by atoms with Crippen molar-refractivity contribution in [3.63, 3.8) is 0 Å². The van der Waals surface area contributed by atoms with Crippen molar-refractivity contribution in [3.05, 3.63) is 48.5 Å². The van der Waals surface area contributed by atoms with Crippen molar-refractivity contribution in [2.45, 2.75) is 35.9 Å². The highest BCUT2D eigenvalue weighted by atomic mass is 32.2. The Labute approximate surface area is 194 Å². The normalized spacial score (nSPS) is 14.0. The molecule has 2 aromatic rings. The van der Waals surface area contributed by atoms with E-state index in [0.29, 0.717) is 11.1 Å². The van der Waals surface area contributed by atoms with Gasteiger partial charge in [0, 0.05) is 0 Å². The first-order valence-electron chi connectivity index (χ1n) is 9.17. The average Bonchev–Trinajstić information content (AvgIpc) is 2.72. The summed E-state index contributed by atoms with van der Waals surface area (Å²) >= 11 is 0. The van der Waals surface area contributed by atoms with Gasteiger partial charge in [0.25, 0.3) is 0 Å². The Balaban J connectivity index is 2.03. The second-order valence-electron chi connectivity index (χ2n) is 6.98. The van der Waals surface area contributed by atoms with Crippen LogP contribution in [0.4, 0.5) is 52.7 Å². The number of halogens is 12. The zero-order valence-electron chi connectivity index (χ0n) is 17.1. The van der Waals surface area contributed by atoms with Crippen LogP contribution in [-0.2, 0) is 10.1 Å². The third kappa shape index (κ3) is 5.92. The number of hydrogen-bond donors (Lipinski definition) is 0. The smallest absolute Gasteiger partial charge is 0.493 e. The molecule has 0 fully saturated rings. The summed E-state index contributed by atoms with van der Waals surface area (Å²) in [5, 5.41) is 0.